The molecule has 0 amide bonds. The van der Waals surface area contributed by atoms with Crippen molar-refractivity contribution < 1.29 is 14.2 Å². The number of hydrogen-bond donors (Lipinski definition) is 1. The number of nitrogen functional groups attached to an aromatic ring is 1. The molecule has 0 atom stereocenters. The van der Waals surface area contributed by atoms with Gasteiger partial charge in [0.15, 0.2) is 0 Å². The SMILES string of the molecule is CCOc1ccc(N)cc1COCc1cccc(OC)c1. The Labute approximate surface area is 125 Å². The van der Waals surface area contributed by atoms with E-state index in [9.17, 15) is 0 Å². The lowest BCUT2D eigenvalue weighted by Crippen LogP contribution is -2.01. The van der Waals surface area contributed by atoms with Crippen LogP contribution in [-0.2, 0) is 18.0 Å². The van der Waals surface area contributed by atoms with Crippen LogP contribution in [0, 0.1) is 0 Å². The number of benzene rings is 2. The van der Waals surface area contributed by atoms with E-state index in [1.54, 1.807) is 7.11 Å². The van der Waals surface area contributed by atoms with Crippen LogP contribution in [0.1, 0.15) is 18.1 Å². The maximum absolute atomic E-state index is 5.82. The average Bonchev–Trinajstić information content (AvgIpc) is 2.50. The standard InChI is InChI=1S/C17H21NO3/c1-3-21-17-8-7-15(18)10-14(17)12-20-11-13-5-4-6-16(9-13)19-2/h4-10H,3,11-12,18H2,1-2H3. The minimum atomic E-state index is 0.456. The zero-order valence-electron chi connectivity index (χ0n) is 12.5. The fraction of sp³-hybridized carbons (Fsp3) is 0.294. The van der Waals surface area contributed by atoms with Gasteiger partial charge >= 0.3 is 0 Å². The van der Waals surface area contributed by atoms with Gasteiger partial charge in [-0.1, -0.05) is 12.1 Å². The van der Waals surface area contributed by atoms with Crippen molar-refractivity contribution in [3.05, 3.63) is 53.6 Å². The summed E-state index contributed by atoms with van der Waals surface area (Å²) in [5.74, 6) is 1.65. The van der Waals surface area contributed by atoms with Gasteiger partial charge in [-0.2, -0.15) is 0 Å². The maximum Gasteiger partial charge on any atom is 0.124 e. The Kier molecular flexibility index (Phi) is 5.46. The first-order valence-electron chi connectivity index (χ1n) is 6.94. The molecule has 2 aromatic rings. The number of ether oxygens (including phenoxy) is 3. The molecular formula is C17H21NO3. The van der Waals surface area contributed by atoms with Gasteiger partial charge in [0, 0.05) is 11.3 Å². The third kappa shape index (κ3) is 4.39. The molecule has 0 aromatic heterocycles. The lowest BCUT2D eigenvalue weighted by atomic mass is 10.2. The summed E-state index contributed by atoms with van der Waals surface area (Å²) >= 11 is 0. The molecule has 112 valence electrons. The maximum atomic E-state index is 5.82. The largest absolute Gasteiger partial charge is 0.497 e. The number of anilines is 1. The average molecular weight is 287 g/mol. The second kappa shape index (κ2) is 7.55. The minimum Gasteiger partial charge on any atom is -0.497 e. The molecule has 0 aliphatic rings. The van der Waals surface area contributed by atoms with Gasteiger partial charge in [-0.3, -0.25) is 0 Å². The Morgan fingerprint density at radius 1 is 1.05 bits per heavy atom. The van der Waals surface area contributed by atoms with Crippen LogP contribution >= 0.6 is 0 Å². The predicted octanol–water partition coefficient (Wildman–Crippen LogP) is 3.39. The fourth-order valence-electron chi connectivity index (χ4n) is 2.05. The van der Waals surface area contributed by atoms with Crippen LogP contribution in [0.3, 0.4) is 0 Å². The fourth-order valence-corrected chi connectivity index (χ4v) is 2.05. The third-order valence-corrected chi connectivity index (χ3v) is 3.04. The van der Waals surface area contributed by atoms with Gasteiger partial charge in [0.05, 0.1) is 26.9 Å². The van der Waals surface area contributed by atoms with E-state index in [1.165, 1.54) is 0 Å². The molecule has 2 N–H and O–H groups in total. The predicted molar refractivity (Wildman–Crippen MR) is 83.5 cm³/mol. The highest BCUT2D eigenvalue weighted by atomic mass is 16.5. The van der Waals surface area contributed by atoms with Crippen molar-refractivity contribution in [2.24, 2.45) is 0 Å². The summed E-state index contributed by atoms with van der Waals surface area (Å²) in [5, 5.41) is 0. The molecule has 0 saturated heterocycles. The Morgan fingerprint density at radius 2 is 1.90 bits per heavy atom. The molecular weight excluding hydrogens is 266 g/mol. The molecule has 0 unspecified atom stereocenters. The molecule has 4 nitrogen and oxygen atoms in total. The van der Waals surface area contributed by atoms with Crippen molar-refractivity contribution in [2.75, 3.05) is 19.5 Å². The quantitative estimate of drug-likeness (QED) is 0.793. The van der Waals surface area contributed by atoms with Gasteiger partial charge < -0.3 is 19.9 Å². The summed E-state index contributed by atoms with van der Waals surface area (Å²) in [5.41, 5.74) is 8.55. The first-order chi connectivity index (χ1) is 10.2. The zero-order chi connectivity index (χ0) is 15.1. The van der Waals surface area contributed by atoms with E-state index in [0.717, 1.165) is 22.6 Å². The smallest absolute Gasteiger partial charge is 0.124 e. The summed E-state index contributed by atoms with van der Waals surface area (Å²) in [4.78, 5) is 0. The van der Waals surface area contributed by atoms with Crippen molar-refractivity contribution in [3.8, 4) is 11.5 Å². The van der Waals surface area contributed by atoms with Crippen LogP contribution in [0.4, 0.5) is 5.69 Å². The molecule has 2 aromatic carbocycles. The molecule has 0 radical (unpaired) electrons. The summed E-state index contributed by atoms with van der Waals surface area (Å²) in [6, 6.07) is 13.4. The summed E-state index contributed by atoms with van der Waals surface area (Å²) < 4.78 is 16.5. The van der Waals surface area contributed by atoms with E-state index in [4.69, 9.17) is 19.9 Å². The van der Waals surface area contributed by atoms with Crippen LogP contribution in [0.25, 0.3) is 0 Å². The lowest BCUT2D eigenvalue weighted by molar-refractivity contribution is 0.105. The Balaban J connectivity index is 1.97. The van der Waals surface area contributed by atoms with E-state index in [-0.39, 0.29) is 0 Å². The van der Waals surface area contributed by atoms with Crippen LogP contribution < -0.4 is 15.2 Å². The highest BCUT2D eigenvalue weighted by molar-refractivity contribution is 5.47. The summed E-state index contributed by atoms with van der Waals surface area (Å²) in [6.07, 6.45) is 0. The van der Waals surface area contributed by atoms with Crippen LogP contribution in [0.15, 0.2) is 42.5 Å². The molecule has 21 heavy (non-hydrogen) atoms. The van der Waals surface area contributed by atoms with E-state index < -0.39 is 0 Å². The second-order valence-corrected chi connectivity index (χ2v) is 4.64. The van der Waals surface area contributed by atoms with Gasteiger partial charge in [-0.05, 0) is 42.8 Å². The molecule has 4 heteroatoms. The van der Waals surface area contributed by atoms with Gasteiger partial charge in [-0.15, -0.1) is 0 Å². The highest BCUT2D eigenvalue weighted by Crippen LogP contribution is 2.23. The van der Waals surface area contributed by atoms with Gasteiger partial charge in [0.25, 0.3) is 0 Å². The van der Waals surface area contributed by atoms with E-state index in [2.05, 4.69) is 0 Å². The first-order valence-corrected chi connectivity index (χ1v) is 6.94. The van der Waals surface area contributed by atoms with Crippen molar-refractivity contribution in [2.45, 2.75) is 20.1 Å². The molecule has 0 bridgehead atoms. The highest BCUT2D eigenvalue weighted by Gasteiger charge is 2.05. The molecule has 0 saturated carbocycles. The van der Waals surface area contributed by atoms with Gasteiger partial charge in [0.2, 0.25) is 0 Å². The Morgan fingerprint density at radius 3 is 2.67 bits per heavy atom. The van der Waals surface area contributed by atoms with E-state index in [1.807, 2.05) is 49.4 Å². The van der Waals surface area contributed by atoms with Crippen molar-refractivity contribution >= 4 is 5.69 Å². The molecule has 0 aliphatic carbocycles. The van der Waals surface area contributed by atoms with Crippen LogP contribution in [0.2, 0.25) is 0 Å². The van der Waals surface area contributed by atoms with Gasteiger partial charge in [-0.25, -0.2) is 0 Å². The van der Waals surface area contributed by atoms with Crippen molar-refractivity contribution in [3.63, 3.8) is 0 Å². The number of hydrogen-bond acceptors (Lipinski definition) is 4. The summed E-state index contributed by atoms with van der Waals surface area (Å²) in [7, 11) is 1.65. The number of rotatable bonds is 7. The number of nitrogens with two attached hydrogens (primary N) is 1. The minimum absolute atomic E-state index is 0.456. The Hall–Kier alpha value is -2.20. The van der Waals surface area contributed by atoms with E-state index >= 15 is 0 Å². The summed E-state index contributed by atoms with van der Waals surface area (Å²) in [6.45, 7) is 3.54. The second-order valence-electron chi connectivity index (χ2n) is 4.64. The van der Waals surface area contributed by atoms with E-state index in [0.29, 0.717) is 25.5 Å². The first kappa shape index (κ1) is 15.2. The monoisotopic (exact) mass is 287 g/mol. The van der Waals surface area contributed by atoms with Gasteiger partial charge in [0.1, 0.15) is 11.5 Å². The normalized spacial score (nSPS) is 10.4. The molecule has 0 heterocycles. The molecule has 0 spiro atoms. The molecule has 2 rings (SSSR count). The lowest BCUT2D eigenvalue weighted by Gasteiger charge is -2.12. The molecule has 0 aliphatic heterocycles. The Bertz CT molecular complexity index is 584. The molecule has 0 fully saturated rings. The van der Waals surface area contributed by atoms with Crippen LogP contribution in [0.5, 0.6) is 11.5 Å². The third-order valence-electron chi connectivity index (χ3n) is 3.04. The van der Waals surface area contributed by atoms with Crippen LogP contribution in [-0.4, -0.2) is 13.7 Å². The zero-order valence-corrected chi connectivity index (χ0v) is 12.5. The number of methoxy groups -OCH3 is 1. The van der Waals surface area contributed by atoms with Crippen molar-refractivity contribution in [1.29, 1.82) is 0 Å². The van der Waals surface area contributed by atoms with Crippen molar-refractivity contribution in [1.82, 2.24) is 0 Å². The topological polar surface area (TPSA) is 53.7 Å².